The van der Waals surface area contributed by atoms with Crippen molar-refractivity contribution in [2.75, 3.05) is 13.6 Å². The van der Waals surface area contributed by atoms with E-state index in [-0.39, 0.29) is 12.5 Å². The first kappa shape index (κ1) is 19.9. The molecule has 0 saturated carbocycles. The molecule has 0 spiro atoms. The highest BCUT2D eigenvalue weighted by Crippen LogP contribution is 2.30. The van der Waals surface area contributed by atoms with E-state index >= 15 is 0 Å². The molecule has 0 aliphatic rings. The molecule has 0 unspecified atom stereocenters. The Balaban J connectivity index is 1.78. The van der Waals surface area contributed by atoms with Crippen molar-refractivity contribution in [1.29, 1.82) is 0 Å². The van der Waals surface area contributed by atoms with Gasteiger partial charge in [-0.3, -0.25) is 4.79 Å². The molecule has 1 aromatic heterocycles. The predicted octanol–water partition coefficient (Wildman–Crippen LogP) is 4.20. The molecule has 0 aliphatic heterocycles. The Hall–Kier alpha value is -2.86. The highest BCUT2D eigenvalue weighted by Gasteiger charge is 2.15. The summed E-state index contributed by atoms with van der Waals surface area (Å²) in [6, 6.07) is 15.8. The van der Waals surface area contributed by atoms with Crippen LogP contribution in [0.15, 0.2) is 65.3 Å². The number of carboxylic acids is 1. The van der Waals surface area contributed by atoms with Gasteiger partial charge in [0.25, 0.3) is 0 Å². The summed E-state index contributed by atoms with van der Waals surface area (Å²) in [6.45, 7) is 0.830. The molecule has 2 aromatic carbocycles. The summed E-state index contributed by atoms with van der Waals surface area (Å²) in [5, 5.41) is 9.82. The van der Waals surface area contributed by atoms with Gasteiger partial charge < -0.3 is 14.6 Å². The molecule has 28 heavy (non-hydrogen) atoms. The van der Waals surface area contributed by atoms with Gasteiger partial charge in [0.15, 0.2) is 0 Å². The second-order valence-corrected chi connectivity index (χ2v) is 7.42. The second kappa shape index (κ2) is 8.89. The quantitative estimate of drug-likeness (QED) is 0.559. The van der Waals surface area contributed by atoms with Crippen molar-refractivity contribution in [2.45, 2.75) is 13.0 Å². The molecular weight excluding hydrogens is 420 g/mol. The Morgan fingerprint density at radius 1 is 1.14 bits per heavy atom. The second-order valence-electron chi connectivity index (χ2n) is 6.57. The molecule has 0 fully saturated rings. The van der Waals surface area contributed by atoms with Crippen molar-refractivity contribution in [3.05, 3.63) is 76.4 Å². The van der Waals surface area contributed by atoms with Gasteiger partial charge in [-0.15, -0.1) is 0 Å². The fourth-order valence-corrected chi connectivity index (χ4v) is 3.68. The van der Waals surface area contributed by atoms with Gasteiger partial charge in [0.1, 0.15) is 6.54 Å². The van der Waals surface area contributed by atoms with Crippen LogP contribution in [0.1, 0.15) is 11.1 Å². The van der Waals surface area contributed by atoms with Crippen molar-refractivity contribution in [2.24, 2.45) is 0 Å². The molecule has 0 aliphatic carbocycles. The SMILES string of the molecule is CN(CCc1ccccc1)C(=O)Cn1cc(/C=C/C(=O)O)c2c(Br)cccc21. The average Bonchev–Trinajstić information content (AvgIpc) is 3.04. The number of aromatic nitrogens is 1. The molecule has 5 nitrogen and oxygen atoms in total. The minimum Gasteiger partial charge on any atom is -0.478 e. The lowest BCUT2D eigenvalue weighted by molar-refractivity contribution is -0.131. The summed E-state index contributed by atoms with van der Waals surface area (Å²) in [7, 11) is 1.80. The largest absolute Gasteiger partial charge is 0.478 e. The van der Waals surface area contributed by atoms with Gasteiger partial charge in [0.05, 0.1) is 5.52 Å². The Morgan fingerprint density at radius 2 is 1.89 bits per heavy atom. The number of rotatable bonds is 7. The van der Waals surface area contributed by atoms with Crippen molar-refractivity contribution < 1.29 is 14.7 Å². The summed E-state index contributed by atoms with van der Waals surface area (Å²) in [4.78, 5) is 25.3. The molecule has 0 atom stereocenters. The third-order valence-corrected chi connectivity index (χ3v) is 5.26. The third-order valence-electron chi connectivity index (χ3n) is 4.60. The summed E-state index contributed by atoms with van der Waals surface area (Å²) in [6.07, 6.45) is 5.27. The summed E-state index contributed by atoms with van der Waals surface area (Å²) in [5.41, 5.74) is 2.83. The lowest BCUT2D eigenvalue weighted by Crippen LogP contribution is -2.31. The fourth-order valence-electron chi connectivity index (χ4n) is 3.09. The average molecular weight is 441 g/mol. The topological polar surface area (TPSA) is 62.5 Å². The first-order valence-corrected chi connectivity index (χ1v) is 9.71. The van der Waals surface area contributed by atoms with Crippen LogP contribution in [0, 0.1) is 0 Å². The summed E-state index contributed by atoms with van der Waals surface area (Å²) < 4.78 is 2.72. The van der Waals surface area contributed by atoms with Crippen LogP contribution in [0.2, 0.25) is 0 Å². The van der Waals surface area contributed by atoms with Crippen LogP contribution in [-0.4, -0.2) is 40.0 Å². The number of nitrogens with zero attached hydrogens (tertiary/aromatic N) is 2. The summed E-state index contributed by atoms with van der Waals surface area (Å²) in [5.74, 6) is -1.01. The fraction of sp³-hybridized carbons (Fsp3) is 0.182. The van der Waals surface area contributed by atoms with Gasteiger partial charge in [0.2, 0.25) is 5.91 Å². The molecule has 3 aromatic rings. The van der Waals surface area contributed by atoms with Gasteiger partial charge in [-0.1, -0.05) is 52.3 Å². The van der Waals surface area contributed by atoms with E-state index in [0.717, 1.165) is 33.4 Å². The first-order chi connectivity index (χ1) is 13.5. The van der Waals surface area contributed by atoms with Gasteiger partial charge in [-0.05, 0) is 30.2 Å². The van der Waals surface area contributed by atoms with E-state index in [1.54, 1.807) is 18.0 Å². The van der Waals surface area contributed by atoms with Crippen LogP contribution in [0.4, 0.5) is 0 Å². The normalized spacial score (nSPS) is 11.2. The maximum absolute atomic E-state index is 12.7. The number of halogens is 1. The Kier molecular flexibility index (Phi) is 6.31. The number of hydrogen-bond donors (Lipinski definition) is 1. The Morgan fingerprint density at radius 3 is 2.61 bits per heavy atom. The van der Waals surface area contributed by atoms with Crippen LogP contribution in [-0.2, 0) is 22.6 Å². The van der Waals surface area contributed by atoms with E-state index in [2.05, 4.69) is 28.1 Å². The van der Waals surface area contributed by atoms with Gasteiger partial charge >= 0.3 is 5.97 Å². The number of amides is 1. The molecular formula is C22H21BrN2O3. The smallest absolute Gasteiger partial charge is 0.328 e. The maximum Gasteiger partial charge on any atom is 0.328 e. The zero-order valence-corrected chi connectivity index (χ0v) is 17.1. The molecule has 0 saturated heterocycles. The van der Waals surface area contributed by atoms with E-state index < -0.39 is 5.97 Å². The van der Waals surface area contributed by atoms with E-state index in [9.17, 15) is 9.59 Å². The lowest BCUT2D eigenvalue weighted by atomic mass is 10.1. The van der Waals surface area contributed by atoms with E-state index in [1.807, 2.05) is 47.2 Å². The molecule has 1 heterocycles. The molecule has 6 heteroatoms. The highest BCUT2D eigenvalue weighted by atomic mass is 79.9. The van der Waals surface area contributed by atoms with Crippen molar-refractivity contribution in [1.82, 2.24) is 9.47 Å². The van der Waals surface area contributed by atoms with Gasteiger partial charge in [0, 0.05) is 41.3 Å². The maximum atomic E-state index is 12.7. The van der Waals surface area contributed by atoms with Crippen molar-refractivity contribution in [3.8, 4) is 0 Å². The zero-order valence-electron chi connectivity index (χ0n) is 15.5. The Labute approximate surface area is 172 Å². The van der Waals surface area contributed by atoms with E-state index in [0.29, 0.717) is 6.54 Å². The van der Waals surface area contributed by atoms with Crippen LogP contribution in [0.25, 0.3) is 17.0 Å². The number of carbonyl (C=O) groups excluding carboxylic acids is 1. The van der Waals surface area contributed by atoms with Crippen LogP contribution in [0.3, 0.4) is 0 Å². The van der Waals surface area contributed by atoms with Crippen molar-refractivity contribution in [3.63, 3.8) is 0 Å². The first-order valence-electron chi connectivity index (χ1n) is 8.92. The number of fused-ring (bicyclic) bond motifs is 1. The number of aliphatic carboxylic acids is 1. The summed E-state index contributed by atoms with van der Waals surface area (Å²) >= 11 is 3.52. The number of carboxylic acid groups (broad SMARTS) is 1. The lowest BCUT2D eigenvalue weighted by Gasteiger charge is -2.18. The standard InChI is InChI=1S/C22H21BrN2O3/c1-24(13-12-16-6-3-2-4-7-16)20(26)15-25-14-17(10-11-21(27)28)22-18(23)8-5-9-19(22)25/h2-11,14H,12-13,15H2,1H3,(H,27,28)/b11-10+. The molecule has 0 radical (unpaired) electrons. The van der Waals surface area contributed by atoms with E-state index in [1.165, 1.54) is 5.56 Å². The monoisotopic (exact) mass is 440 g/mol. The van der Waals surface area contributed by atoms with Crippen LogP contribution >= 0.6 is 15.9 Å². The highest BCUT2D eigenvalue weighted by molar-refractivity contribution is 9.10. The number of carbonyl (C=O) groups is 2. The molecule has 0 bridgehead atoms. The van der Waals surface area contributed by atoms with Crippen LogP contribution < -0.4 is 0 Å². The van der Waals surface area contributed by atoms with Gasteiger partial charge in [-0.25, -0.2) is 4.79 Å². The minimum atomic E-state index is -1.01. The minimum absolute atomic E-state index is 0.00145. The molecule has 144 valence electrons. The third kappa shape index (κ3) is 4.70. The molecule has 1 N–H and O–H groups in total. The number of hydrogen-bond acceptors (Lipinski definition) is 2. The van der Waals surface area contributed by atoms with E-state index in [4.69, 9.17) is 5.11 Å². The van der Waals surface area contributed by atoms with Crippen LogP contribution in [0.5, 0.6) is 0 Å². The number of benzene rings is 2. The zero-order chi connectivity index (χ0) is 20.1. The predicted molar refractivity (Wildman–Crippen MR) is 114 cm³/mol. The van der Waals surface area contributed by atoms with Gasteiger partial charge in [-0.2, -0.15) is 0 Å². The molecule has 1 amide bonds. The molecule has 3 rings (SSSR count). The number of likely N-dealkylation sites (N-methyl/N-ethyl adjacent to an activating group) is 1. The Bertz CT molecular complexity index is 1020. The van der Waals surface area contributed by atoms with Crippen molar-refractivity contribution >= 4 is 44.8 Å².